The van der Waals surface area contributed by atoms with Crippen LogP contribution in [-0.2, 0) is 26.3 Å². The number of anilines is 2. The molecule has 1 saturated heterocycles. The number of fused-ring (bicyclic) bond motifs is 3. The van der Waals surface area contributed by atoms with Gasteiger partial charge in [0.15, 0.2) is 5.60 Å². The summed E-state index contributed by atoms with van der Waals surface area (Å²) < 4.78 is 12.2. The van der Waals surface area contributed by atoms with Crippen molar-refractivity contribution in [3.63, 3.8) is 0 Å². The number of rotatable bonds is 8. The van der Waals surface area contributed by atoms with E-state index in [2.05, 4.69) is 47.8 Å². The van der Waals surface area contributed by atoms with Crippen LogP contribution in [0, 0.1) is 5.92 Å². The molecule has 1 fully saturated rings. The van der Waals surface area contributed by atoms with Gasteiger partial charge in [-0.3, -0.25) is 9.59 Å². The van der Waals surface area contributed by atoms with Gasteiger partial charge in [-0.15, -0.1) is 0 Å². The standard InChI is InChI=1S/C33H37N3O5Si/c1-20-31(42(3,4)24-12-10-23(40-2)11-13-24)29(15-16-37)41-33(20)26-18-22(9-14-28(26)36-32(33)39)35-30(38)17-21-19-34-27-8-6-5-7-25(21)27/h5-14,18-20,29,31,34,37H,15-17H2,1-4H3,(H,35,38)(H,36,39)/t20-,29+,31-,33+/m0/s1. The maximum absolute atomic E-state index is 13.8. The number of carbonyl (C=O) groups excluding carboxylic acids is 2. The highest BCUT2D eigenvalue weighted by molar-refractivity contribution is 6.91. The molecule has 9 heteroatoms. The highest BCUT2D eigenvalue weighted by Gasteiger charge is 2.64. The number of nitrogens with one attached hydrogen (secondary N) is 3. The summed E-state index contributed by atoms with van der Waals surface area (Å²) in [7, 11) is -0.580. The van der Waals surface area contributed by atoms with Gasteiger partial charge in [-0.2, -0.15) is 0 Å². The molecule has 2 amide bonds. The molecule has 6 rings (SSSR count). The molecule has 8 nitrogen and oxygen atoms in total. The van der Waals surface area contributed by atoms with Crippen LogP contribution in [0.3, 0.4) is 0 Å². The van der Waals surface area contributed by atoms with E-state index < -0.39 is 13.7 Å². The number of aromatic amines is 1. The Morgan fingerprint density at radius 2 is 1.88 bits per heavy atom. The van der Waals surface area contributed by atoms with E-state index in [0.29, 0.717) is 17.8 Å². The number of aromatic nitrogens is 1. The second kappa shape index (κ2) is 10.7. The summed E-state index contributed by atoms with van der Waals surface area (Å²) in [6, 6.07) is 21.6. The first kappa shape index (κ1) is 28.2. The first-order chi connectivity index (χ1) is 20.2. The van der Waals surface area contributed by atoms with E-state index in [4.69, 9.17) is 9.47 Å². The average Bonchev–Trinajstić information content (AvgIpc) is 3.61. The molecule has 218 valence electrons. The van der Waals surface area contributed by atoms with Gasteiger partial charge in [0.1, 0.15) is 5.75 Å². The molecule has 42 heavy (non-hydrogen) atoms. The van der Waals surface area contributed by atoms with Gasteiger partial charge in [-0.25, -0.2) is 0 Å². The van der Waals surface area contributed by atoms with Gasteiger partial charge >= 0.3 is 0 Å². The van der Waals surface area contributed by atoms with Crippen molar-refractivity contribution in [3.05, 3.63) is 84.1 Å². The molecule has 3 heterocycles. The van der Waals surface area contributed by atoms with E-state index in [1.54, 1.807) is 7.11 Å². The Balaban J connectivity index is 1.31. The summed E-state index contributed by atoms with van der Waals surface area (Å²) in [6.45, 7) is 6.67. The zero-order valence-electron chi connectivity index (χ0n) is 24.4. The smallest absolute Gasteiger partial charge is 0.261 e. The number of methoxy groups -OCH3 is 1. The predicted octanol–water partition coefficient (Wildman–Crippen LogP) is 4.91. The lowest BCUT2D eigenvalue weighted by Crippen LogP contribution is -2.51. The van der Waals surface area contributed by atoms with Crippen LogP contribution in [0.4, 0.5) is 11.4 Å². The highest BCUT2D eigenvalue weighted by atomic mass is 28.3. The molecule has 1 spiro atoms. The average molecular weight is 584 g/mol. The molecule has 2 aliphatic rings. The Labute approximate surface area is 246 Å². The molecule has 4 N–H and O–H groups in total. The van der Waals surface area contributed by atoms with Gasteiger partial charge in [0.05, 0.1) is 27.7 Å². The fraction of sp³-hybridized carbons (Fsp3) is 0.333. The molecule has 0 radical (unpaired) electrons. The summed E-state index contributed by atoms with van der Waals surface area (Å²) >= 11 is 0. The van der Waals surface area contributed by atoms with Crippen molar-refractivity contribution in [2.75, 3.05) is 24.4 Å². The number of benzene rings is 3. The second-order valence-corrected chi connectivity index (χ2v) is 16.7. The number of carbonyl (C=O) groups is 2. The van der Waals surface area contributed by atoms with Crippen molar-refractivity contribution in [2.24, 2.45) is 5.92 Å². The predicted molar refractivity (Wildman–Crippen MR) is 167 cm³/mol. The van der Waals surface area contributed by atoms with Crippen LogP contribution >= 0.6 is 0 Å². The van der Waals surface area contributed by atoms with Gasteiger partial charge in [0.2, 0.25) is 5.91 Å². The van der Waals surface area contributed by atoms with Crippen LogP contribution in [0.25, 0.3) is 10.9 Å². The minimum absolute atomic E-state index is 0.0323. The molecule has 3 aromatic carbocycles. The molecule has 1 aromatic heterocycles. The number of para-hydroxylation sites is 1. The van der Waals surface area contributed by atoms with Crippen molar-refractivity contribution in [2.45, 2.75) is 50.1 Å². The lowest BCUT2D eigenvalue weighted by molar-refractivity contribution is -0.143. The highest BCUT2D eigenvalue weighted by Crippen LogP contribution is 2.58. The maximum atomic E-state index is 13.8. The molecule has 0 saturated carbocycles. The number of hydrogen-bond donors (Lipinski definition) is 4. The maximum Gasteiger partial charge on any atom is 0.261 e. The number of amides is 2. The molecular formula is C33H37N3O5Si. The first-order valence-corrected chi connectivity index (χ1v) is 17.5. The number of aliphatic hydroxyl groups excluding tert-OH is 1. The fourth-order valence-electron chi connectivity index (χ4n) is 7.26. The Morgan fingerprint density at radius 1 is 1.12 bits per heavy atom. The van der Waals surface area contributed by atoms with Crippen LogP contribution in [0.1, 0.15) is 24.5 Å². The summed E-state index contributed by atoms with van der Waals surface area (Å²) in [6.07, 6.45) is 2.23. The normalized spacial score (nSPS) is 23.3. The zero-order chi connectivity index (χ0) is 29.6. The first-order valence-electron chi connectivity index (χ1n) is 14.4. The summed E-state index contributed by atoms with van der Waals surface area (Å²) in [5.41, 5.74) is 2.78. The van der Waals surface area contributed by atoms with Crippen LogP contribution < -0.4 is 20.6 Å². The number of hydrogen-bond acceptors (Lipinski definition) is 5. The van der Waals surface area contributed by atoms with Crippen molar-refractivity contribution in [1.29, 1.82) is 0 Å². The Bertz CT molecular complexity index is 1650. The Kier molecular flexibility index (Phi) is 7.20. The lowest BCUT2D eigenvalue weighted by atomic mass is 9.82. The minimum atomic E-state index is -2.23. The van der Waals surface area contributed by atoms with Crippen LogP contribution in [0.2, 0.25) is 18.6 Å². The largest absolute Gasteiger partial charge is 0.497 e. The molecule has 0 bridgehead atoms. The van der Waals surface area contributed by atoms with E-state index in [1.807, 2.05) is 60.8 Å². The van der Waals surface area contributed by atoms with Gasteiger partial charge < -0.3 is 30.2 Å². The number of ether oxygens (including phenoxy) is 2. The van der Waals surface area contributed by atoms with Crippen molar-refractivity contribution >= 4 is 47.4 Å². The fourth-order valence-corrected chi connectivity index (χ4v) is 11.3. The van der Waals surface area contributed by atoms with Crippen LogP contribution in [-0.4, -0.2) is 49.8 Å². The van der Waals surface area contributed by atoms with E-state index in [9.17, 15) is 14.7 Å². The third kappa shape index (κ3) is 4.52. The van der Waals surface area contributed by atoms with E-state index in [0.717, 1.165) is 27.8 Å². The monoisotopic (exact) mass is 583 g/mol. The summed E-state index contributed by atoms with van der Waals surface area (Å²) in [5, 5.41) is 18.3. The molecule has 4 atom stereocenters. The number of H-pyrrole nitrogens is 1. The molecular weight excluding hydrogens is 546 g/mol. The molecule has 0 aliphatic carbocycles. The van der Waals surface area contributed by atoms with Crippen molar-refractivity contribution in [3.8, 4) is 5.75 Å². The quantitative estimate of drug-likeness (QED) is 0.220. The van der Waals surface area contributed by atoms with Gasteiger partial charge in [-0.1, -0.05) is 55.5 Å². The third-order valence-electron chi connectivity index (χ3n) is 9.31. The SMILES string of the molecule is COc1ccc([Si](C)(C)[C@@H]2[C@@H](CCO)O[C@]3(C(=O)Nc4ccc(NC(=O)Cc5c[nH]c6ccccc56)cc43)[C@H]2C)cc1. The topological polar surface area (TPSA) is 113 Å². The second-order valence-electron chi connectivity index (χ2n) is 12.0. The van der Waals surface area contributed by atoms with E-state index in [1.165, 1.54) is 5.19 Å². The summed E-state index contributed by atoms with van der Waals surface area (Å²) in [4.78, 5) is 30.1. The summed E-state index contributed by atoms with van der Waals surface area (Å²) in [5.74, 6) is 0.287. The van der Waals surface area contributed by atoms with Crippen molar-refractivity contribution < 1.29 is 24.2 Å². The number of aliphatic hydroxyl groups is 1. The van der Waals surface area contributed by atoms with Gasteiger partial charge in [0.25, 0.3) is 5.91 Å². The van der Waals surface area contributed by atoms with Crippen molar-refractivity contribution in [1.82, 2.24) is 4.98 Å². The van der Waals surface area contributed by atoms with E-state index >= 15 is 0 Å². The van der Waals surface area contributed by atoms with Crippen LogP contribution in [0.5, 0.6) is 5.75 Å². The lowest BCUT2D eigenvalue weighted by Gasteiger charge is -2.37. The zero-order valence-corrected chi connectivity index (χ0v) is 25.4. The molecule has 0 unspecified atom stereocenters. The molecule has 4 aromatic rings. The third-order valence-corrected chi connectivity index (χ3v) is 13.7. The van der Waals surface area contributed by atoms with Crippen LogP contribution in [0.15, 0.2) is 72.9 Å². The van der Waals surface area contributed by atoms with E-state index in [-0.39, 0.29) is 42.4 Å². The van der Waals surface area contributed by atoms with Gasteiger partial charge in [0, 0.05) is 46.6 Å². The Morgan fingerprint density at radius 3 is 2.62 bits per heavy atom. The Hall–Kier alpha value is -3.92. The van der Waals surface area contributed by atoms with Gasteiger partial charge in [-0.05, 0) is 53.9 Å². The molecule has 2 aliphatic heterocycles. The minimum Gasteiger partial charge on any atom is -0.497 e.